The van der Waals surface area contributed by atoms with Crippen molar-refractivity contribution in [3.05, 3.63) is 38.2 Å². The van der Waals surface area contributed by atoms with E-state index in [2.05, 4.69) is 30.7 Å². The zero-order chi connectivity index (χ0) is 11.4. The van der Waals surface area contributed by atoms with Gasteiger partial charge >= 0.3 is 5.97 Å². The van der Waals surface area contributed by atoms with Crippen molar-refractivity contribution in [3.63, 3.8) is 0 Å². The third-order valence-electron chi connectivity index (χ3n) is 1.83. The van der Waals surface area contributed by atoms with Crippen LogP contribution < -0.4 is 0 Å². The summed E-state index contributed by atoms with van der Waals surface area (Å²) in [5.41, 5.74) is 9.74. The Morgan fingerprint density at radius 3 is 2.80 bits per heavy atom. The fraction of sp³-hybridized carbons (Fsp3) is 0.222. The fourth-order valence-electron chi connectivity index (χ4n) is 1.07. The summed E-state index contributed by atoms with van der Waals surface area (Å²) in [6.45, 7) is 1.83. The van der Waals surface area contributed by atoms with Gasteiger partial charge in [0.05, 0.1) is 18.4 Å². The molecule has 0 bridgehead atoms. The van der Waals surface area contributed by atoms with E-state index in [0.717, 1.165) is 10.0 Å². The zero-order valence-electron chi connectivity index (χ0n) is 8.19. The number of carbonyl (C=O) groups excluding carboxylic acids is 1. The highest BCUT2D eigenvalue weighted by Crippen LogP contribution is 2.27. The van der Waals surface area contributed by atoms with Gasteiger partial charge in [-0.15, -0.1) is 0 Å². The van der Waals surface area contributed by atoms with Crippen LogP contribution in [0.15, 0.2) is 21.7 Å². The van der Waals surface area contributed by atoms with Crippen LogP contribution in [0.2, 0.25) is 0 Å². The lowest BCUT2D eigenvalue weighted by Gasteiger charge is -2.06. The van der Waals surface area contributed by atoms with Crippen molar-refractivity contribution < 1.29 is 9.53 Å². The van der Waals surface area contributed by atoms with Crippen LogP contribution in [0.5, 0.6) is 0 Å². The molecule has 0 aliphatic heterocycles. The molecular formula is C9H8BrN3O2. The molecule has 78 valence electrons. The molecule has 1 aromatic carbocycles. The van der Waals surface area contributed by atoms with E-state index < -0.39 is 5.97 Å². The van der Waals surface area contributed by atoms with Crippen molar-refractivity contribution in [2.24, 2.45) is 5.11 Å². The summed E-state index contributed by atoms with van der Waals surface area (Å²) in [7, 11) is 1.27. The average molecular weight is 270 g/mol. The molecule has 0 aliphatic carbocycles. The van der Waals surface area contributed by atoms with Gasteiger partial charge in [-0.05, 0) is 30.2 Å². The van der Waals surface area contributed by atoms with E-state index in [0.29, 0.717) is 0 Å². The van der Waals surface area contributed by atoms with Crippen molar-refractivity contribution >= 4 is 27.6 Å². The summed E-state index contributed by atoms with van der Waals surface area (Å²) in [6, 6.07) is 3.20. The third kappa shape index (κ3) is 2.49. The number of nitrogens with zero attached hydrogens (tertiary/aromatic N) is 3. The van der Waals surface area contributed by atoms with Crippen LogP contribution >= 0.6 is 15.9 Å². The van der Waals surface area contributed by atoms with Crippen LogP contribution in [-0.4, -0.2) is 13.1 Å². The van der Waals surface area contributed by atoms with E-state index in [1.54, 1.807) is 12.1 Å². The monoisotopic (exact) mass is 269 g/mol. The Hall–Kier alpha value is -1.52. The van der Waals surface area contributed by atoms with Gasteiger partial charge in [0.15, 0.2) is 0 Å². The molecular weight excluding hydrogens is 262 g/mol. The third-order valence-corrected chi connectivity index (χ3v) is 2.69. The van der Waals surface area contributed by atoms with E-state index in [9.17, 15) is 4.79 Å². The van der Waals surface area contributed by atoms with Gasteiger partial charge in [-0.1, -0.05) is 21.0 Å². The number of aryl methyl sites for hydroxylation is 1. The van der Waals surface area contributed by atoms with Crippen LogP contribution in [-0.2, 0) is 4.74 Å². The van der Waals surface area contributed by atoms with Gasteiger partial charge < -0.3 is 4.74 Å². The number of methoxy groups -OCH3 is 1. The SMILES string of the molecule is COC(=O)c1cc(Br)c(C)cc1N=[N+]=[N-]. The number of esters is 1. The van der Waals surface area contributed by atoms with E-state index >= 15 is 0 Å². The predicted molar refractivity (Wildman–Crippen MR) is 59.0 cm³/mol. The topological polar surface area (TPSA) is 75.1 Å². The Morgan fingerprint density at radius 1 is 1.60 bits per heavy atom. The Labute approximate surface area is 94.8 Å². The Kier molecular flexibility index (Phi) is 3.71. The molecule has 15 heavy (non-hydrogen) atoms. The van der Waals surface area contributed by atoms with E-state index in [-0.39, 0.29) is 11.3 Å². The normalized spacial score (nSPS) is 9.27. The first-order valence-electron chi connectivity index (χ1n) is 4.03. The number of rotatable bonds is 2. The molecule has 0 saturated carbocycles. The van der Waals surface area contributed by atoms with Gasteiger partial charge in [-0.25, -0.2) is 4.79 Å². The summed E-state index contributed by atoms with van der Waals surface area (Å²) in [6.07, 6.45) is 0. The molecule has 0 spiro atoms. The minimum absolute atomic E-state index is 0.243. The lowest BCUT2D eigenvalue weighted by molar-refractivity contribution is 0.0601. The van der Waals surface area contributed by atoms with Gasteiger partial charge in [0, 0.05) is 9.38 Å². The minimum Gasteiger partial charge on any atom is -0.465 e. The van der Waals surface area contributed by atoms with Crippen LogP contribution in [0.3, 0.4) is 0 Å². The summed E-state index contributed by atoms with van der Waals surface area (Å²) < 4.78 is 5.34. The molecule has 0 saturated heterocycles. The van der Waals surface area contributed by atoms with Gasteiger partial charge in [0.1, 0.15) is 0 Å². The second-order valence-corrected chi connectivity index (χ2v) is 3.65. The highest BCUT2D eigenvalue weighted by atomic mass is 79.9. The second-order valence-electron chi connectivity index (χ2n) is 2.80. The molecule has 0 fully saturated rings. The smallest absolute Gasteiger partial charge is 0.338 e. The highest BCUT2D eigenvalue weighted by Gasteiger charge is 2.12. The molecule has 0 unspecified atom stereocenters. The fourth-order valence-corrected chi connectivity index (χ4v) is 1.41. The molecule has 0 atom stereocenters. The molecule has 1 rings (SSSR count). The zero-order valence-corrected chi connectivity index (χ0v) is 9.78. The predicted octanol–water partition coefficient (Wildman–Crippen LogP) is 3.49. The van der Waals surface area contributed by atoms with Crippen molar-refractivity contribution in [3.8, 4) is 0 Å². The number of hydrogen-bond donors (Lipinski definition) is 0. The van der Waals surface area contributed by atoms with E-state index in [1.165, 1.54) is 7.11 Å². The largest absolute Gasteiger partial charge is 0.465 e. The number of halogens is 1. The number of hydrogen-bond acceptors (Lipinski definition) is 3. The highest BCUT2D eigenvalue weighted by molar-refractivity contribution is 9.10. The first-order chi connectivity index (χ1) is 7.10. The molecule has 6 heteroatoms. The average Bonchev–Trinajstić information content (AvgIpc) is 2.22. The van der Waals surface area contributed by atoms with Crippen LogP contribution in [0.4, 0.5) is 5.69 Å². The van der Waals surface area contributed by atoms with Gasteiger partial charge in [-0.2, -0.15) is 0 Å². The van der Waals surface area contributed by atoms with Crippen LogP contribution in [0.25, 0.3) is 10.4 Å². The quantitative estimate of drug-likeness (QED) is 0.357. The lowest BCUT2D eigenvalue weighted by Crippen LogP contribution is -2.01. The summed E-state index contributed by atoms with van der Waals surface area (Å²) in [5.74, 6) is -0.530. The van der Waals surface area contributed by atoms with E-state index in [4.69, 9.17) is 5.53 Å². The van der Waals surface area contributed by atoms with Crippen LogP contribution in [0, 0.1) is 6.92 Å². The molecule has 0 aromatic heterocycles. The van der Waals surface area contributed by atoms with Crippen molar-refractivity contribution in [2.45, 2.75) is 6.92 Å². The molecule has 0 heterocycles. The minimum atomic E-state index is -0.530. The Balaban J connectivity index is 3.40. The Bertz CT molecular complexity index is 453. The van der Waals surface area contributed by atoms with Crippen molar-refractivity contribution in [1.29, 1.82) is 0 Å². The molecule has 0 amide bonds. The summed E-state index contributed by atoms with van der Waals surface area (Å²) in [5, 5.41) is 3.44. The van der Waals surface area contributed by atoms with Crippen LogP contribution in [0.1, 0.15) is 15.9 Å². The second kappa shape index (κ2) is 4.82. The maximum atomic E-state index is 11.3. The van der Waals surface area contributed by atoms with Crippen molar-refractivity contribution in [1.82, 2.24) is 0 Å². The summed E-state index contributed by atoms with van der Waals surface area (Å²) in [4.78, 5) is 14.0. The molecule has 1 aromatic rings. The number of ether oxygens (including phenoxy) is 1. The van der Waals surface area contributed by atoms with Gasteiger partial charge in [0.2, 0.25) is 0 Å². The molecule has 0 N–H and O–H groups in total. The summed E-state index contributed by atoms with van der Waals surface area (Å²) >= 11 is 3.29. The first-order valence-corrected chi connectivity index (χ1v) is 4.83. The number of carbonyl (C=O) groups is 1. The first kappa shape index (κ1) is 11.6. The van der Waals surface area contributed by atoms with Crippen molar-refractivity contribution in [2.75, 3.05) is 7.11 Å². The molecule has 0 aliphatic rings. The maximum Gasteiger partial charge on any atom is 0.338 e. The van der Waals surface area contributed by atoms with Gasteiger partial charge in [-0.3, -0.25) is 0 Å². The van der Waals surface area contributed by atoms with Gasteiger partial charge in [0.25, 0.3) is 0 Å². The lowest BCUT2D eigenvalue weighted by atomic mass is 10.1. The molecule has 5 nitrogen and oxygen atoms in total. The molecule has 0 radical (unpaired) electrons. The Morgan fingerprint density at radius 2 is 2.27 bits per heavy atom. The van der Waals surface area contributed by atoms with E-state index in [1.807, 2.05) is 6.92 Å². The number of azide groups is 1. The number of benzene rings is 1. The maximum absolute atomic E-state index is 11.3. The standard InChI is InChI=1S/C9H8BrN3O2/c1-5-3-8(12-13-11)6(4-7(5)10)9(14)15-2/h3-4H,1-2H3.